The van der Waals surface area contributed by atoms with E-state index < -0.39 is 10.8 Å². The highest BCUT2D eigenvalue weighted by molar-refractivity contribution is 5.96. The van der Waals surface area contributed by atoms with Gasteiger partial charge in [-0.05, 0) is 24.5 Å². The van der Waals surface area contributed by atoms with Crippen LogP contribution in [0.25, 0.3) is 0 Å². The zero-order valence-corrected chi connectivity index (χ0v) is 13.5. The molecule has 2 aromatic heterocycles. The fourth-order valence-corrected chi connectivity index (χ4v) is 2.70. The van der Waals surface area contributed by atoms with Crippen molar-refractivity contribution in [1.29, 1.82) is 0 Å². The van der Waals surface area contributed by atoms with Crippen LogP contribution < -0.4 is 0 Å². The Morgan fingerprint density at radius 3 is 2.65 bits per heavy atom. The summed E-state index contributed by atoms with van der Waals surface area (Å²) in [4.78, 5) is 28.9. The number of rotatable bonds is 5. The second kappa shape index (κ2) is 6.55. The number of nitrogens with one attached hydrogen (secondary N) is 1. The third kappa shape index (κ3) is 3.20. The van der Waals surface area contributed by atoms with E-state index in [1.54, 1.807) is 25.5 Å². The van der Waals surface area contributed by atoms with E-state index in [-0.39, 0.29) is 29.0 Å². The van der Waals surface area contributed by atoms with E-state index in [4.69, 9.17) is 0 Å². The summed E-state index contributed by atoms with van der Waals surface area (Å²) in [5, 5.41) is 17.5. The minimum Gasteiger partial charge on any atom is -0.333 e. The van der Waals surface area contributed by atoms with Crippen LogP contribution in [0.4, 0.5) is 5.69 Å². The van der Waals surface area contributed by atoms with Crippen molar-refractivity contribution in [2.45, 2.75) is 26.8 Å². The summed E-state index contributed by atoms with van der Waals surface area (Å²) < 4.78 is 0. The van der Waals surface area contributed by atoms with Gasteiger partial charge in [0.1, 0.15) is 5.69 Å². The first-order chi connectivity index (χ1) is 10.8. The highest BCUT2D eigenvalue weighted by Crippen LogP contribution is 2.30. The summed E-state index contributed by atoms with van der Waals surface area (Å²) in [5.74, 6) is -0.393. The molecule has 1 amide bonds. The van der Waals surface area contributed by atoms with Gasteiger partial charge in [0.15, 0.2) is 0 Å². The Bertz CT molecular complexity index is 711. The van der Waals surface area contributed by atoms with Crippen molar-refractivity contribution in [3.63, 3.8) is 0 Å². The molecule has 0 aliphatic heterocycles. The summed E-state index contributed by atoms with van der Waals surface area (Å²) in [6.45, 7) is 5.47. The molecular formula is C15H19N5O3. The SMILES string of the molecule is Cc1[nH]nc(C(=O)N(C)[C@@H](c2cccnc2)C(C)C)c1[N+](=O)[O-]. The van der Waals surface area contributed by atoms with E-state index in [1.807, 2.05) is 19.9 Å². The molecule has 0 radical (unpaired) electrons. The van der Waals surface area contributed by atoms with Crippen molar-refractivity contribution in [1.82, 2.24) is 20.1 Å². The highest BCUT2D eigenvalue weighted by Gasteiger charge is 2.33. The molecule has 8 heteroatoms. The number of amides is 1. The summed E-state index contributed by atoms with van der Waals surface area (Å²) in [7, 11) is 1.62. The maximum absolute atomic E-state index is 12.7. The number of H-pyrrole nitrogens is 1. The van der Waals surface area contributed by atoms with E-state index in [0.717, 1.165) is 5.56 Å². The van der Waals surface area contributed by atoms with Crippen molar-refractivity contribution >= 4 is 11.6 Å². The predicted molar refractivity (Wildman–Crippen MR) is 83.9 cm³/mol. The Hall–Kier alpha value is -2.77. The topological polar surface area (TPSA) is 105 Å². The van der Waals surface area contributed by atoms with Crippen LogP contribution in [-0.4, -0.2) is 38.0 Å². The Balaban J connectivity index is 2.40. The number of carbonyl (C=O) groups excluding carboxylic acids is 1. The Morgan fingerprint density at radius 1 is 1.43 bits per heavy atom. The van der Waals surface area contributed by atoms with E-state index in [2.05, 4.69) is 15.2 Å². The van der Waals surface area contributed by atoms with Gasteiger partial charge in [-0.25, -0.2) is 0 Å². The van der Waals surface area contributed by atoms with Crippen molar-refractivity contribution in [2.75, 3.05) is 7.05 Å². The van der Waals surface area contributed by atoms with Crippen molar-refractivity contribution < 1.29 is 9.72 Å². The minimum atomic E-state index is -0.589. The van der Waals surface area contributed by atoms with Gasteiger partial charge in [0.25, 0.3) is 5.91 Å². The van der Waals surface area contributed by atoms with Gasteiger partial charge < -0.3 is 4.90 Å². The first kappa shape index (κ1) is 16.6. The fourth-order valence-electron chi connectivity index (χ4n) is 2.70. The number of carbonyl (C=O) groups is 1. The van der Waals surface area contributed by atoms with Crippen LogP contribution in [0.2, 0.25) is 0 Å². The maximum atomic E-state index is 12.7. The quantitative estimate of drug-likeness (QED) is 0.673. The van der Waals surface area contributed by atoms with Gasteiger partial charge in [-0.15, -0.1) is 0 Å². The smallest absolute Gasteiger partial charge is 0.322 e. The zero-order chi connectivity index (χ0) is 17.1. The number of pyridine rings is 1. The van der Waals surface area contributed by atoms with Gasteiger partial charge in [0, 0.05) is 19.4 Å². The van der Waals surface area contributed by atoms with Crippen LogP contribution in [0.1, 0.15) is 41.6 Å². The number of aryl methyl sites for hydroxylation is 1. The van der Waals surface area contributed by atoms with Gasteiger partial charge in [0.2, 0.25) is 5.69 Å². The van der Waals surface area contributed by atoms with E-state index in [0.29, 0.717) is 0 Å². The third-order valence-corrected chi connectivity index (χ3v) is 3.70. The molecule has 2 heterocycles. The third-order valence-electron chi connectivity index (χ3n) is 3.70. The molecule has 2 rings (SSSR count). The highest BCUT2D eigenvalue weighted by atomic mass is 16.6. The van der Waals surface area contributed by atoms with E-state index in [9.17, 15) is 14.9 Å². The second-order valence-electron chi connectivity index (χ2n) is 5.69. The summed E-state index contributed by atoms with van der Waals surface area (Å²) >= 11 is 0. The molecule has 1 atom stereocenters. The standard InChI is InChI=1S/C15H19N5O3/c1-9(2)13(11-6-5-7-16-8-11)19(4)15(21)12-14(20(22)23)10(3)17-18-12/h5-9,13H,1-4H3,(H,17,18)/t13-/m1/s1. The molecule has 0 bridgehead atoms. The molecule has 0 saturated carbocycles. The molecule has 0 spiro atoms. The molecule has 122 valence electrons. The molecule has 0 aliphatic rings. The number of aromatic nitrogens is 3. The van der Waals surface area contributed by atoms with Crippen LogP contribution >= 0.6 is 0 Å². The van der Waals surface area contributed by atoms with Crippen LogP contribution in [0.5, 0.6) is 0 Å². The lowest BCUT2D eigenvalue weighted by molar-refractivity contribution is -0.385. The summed E-state index contributed by atoms with van der Waals surface area (Å²) in [6, 6.07) is 3.42. The number of hydrogen-bond donors (Lipinski definition) is 1. The molecule has 0 saturated heterocycles. The van der Waals surface area contributed by atoms with Crippen LogP contribution in [0.15, 0.2) is 24.5 Å². The molecular weight excluding hydrogens is 298 g/mol. The monoisotopic (exact) mass is 317 g/mol. The lowest BCUT2D eigenvalue weighted by Gasteiger charge is -2.30. The normalized spacial score (nSPS) is 12.2. The lowest BCUT2D eigenvalue weighted by atomic mass is 9.95. The van der Waals surface area contributed by atoms with Gasteiger partial charge in [-0.2, -0.15) is 5.10 Å². The van der Waals surface area contributed by atoms with Crippen molar-refractivity contribution in [3.05, 3.63) is 51.6 Å². The van der Waals surface area contributed by atoms with E-state index in [1.165, 1.54) is 11.8 Å². The summed E-state index contributed by atoms with van der Waals surface area (Å²) in [6.07, 6.45) is 3.35. The lowest BCUT2D eigenvalue weighted by Crippen LogP contribution is -2.34. The average Bonchev–Trinajstić information content (AvgIpc) is 2.89. The Morgan fingerprint density at radius 2 is 2.13 bits per heavy atom. The Labute approximate surface area is 133 Å². The maximum Gasteiger partial charge on any atom is 0.322 e. The number of nitro groups is 1. The second-order valence-corrected chi connectivity index (χ2v) is 5.69. The first-order valence-corrected chi connectivity index (χ1v) is 7.21. The molecule has 1 N–H and O–H groups in total. The minimum absolute atomic E-state index is 0.104. The number of nitrogens with zero attached hydrogens (tertiary/aromatic N) is 4. The van der Waals surface area contributed by atoms with Crippen LogP contribution in [0.3, 0.4) is 0 Å². The average molecular weight is 317 g/mol. The number of hydrogen-bond acceptors (Lipinski definition) is 5. The molecule has 0 aliphatic carbocycles. The van der Waals surface area contributed by atoms with Crippen molar-refractivity contribution in [2.24, 2.45) is 5.92 Å². The van der Waals surface area contributed by atoms with Gasteiger partial charge in [0.05, 0.1) is 11.0 Å². The first-order valence-electron chi connectivity index (χ1n) is 7.21. The van der Waals surface area contributed by atoms with Gasteiger partial charge in [-0.3, -0.25) is 25.0 Å². The van der Waals surface area contributed by atoms with Crippen LogP contribution in [-0.2, 0) is 0 Å². The molecule has 23 heavy (non-hydrogen) atoms. The zero-order valence-electron chi connectivity index (χ0n) is 13.5. The van der Waals surface area contributed by atoms with Crippen LogP contribution in [0, 0.1) is 23.0 Å². The molecule has 2 aromatic rings. The fraction of sp³-hybridized carbons (Fsp3) is 0.400. The summed E-state index contributed by atoms with van der Waals surface area (Å²) in [5.41, 5.74) is 0.669. The molecule has 0 fully saturated rings. The van der Waals surface area contributed by atoms with Gasteiger partial charge in [-0.1, -0.05) is 19.9 Å². The predicted octanol–water partition coefficient (Wildman–Crippen LogP) is 2.49. The molecule has 8 nitrogen and oxygen atoms in total. The molecule has 0 aromatic carbocycles. The molecule has 0 unspecified atom stereocenters. The number of aromatic amines is 1. The largest absolute Gasteiger partial charge is 0.333 e. The van der Waals surface area contributed by atoms with E-state index >= 15 is 0 Å². The van der Waals surface area contributed by atoms with Crippen molar-refractivity contribution in [3.8, 4) is 0 Å². The van der Waals surface area contributed by atoms with Gasteiger partial charge >= 0.3 is 5.69 Å². The Kier molecular flexibility index (Phi) is 4.73.